The van der Waals surface area contributed by atoms with Crippen LogP contribution in [0.15, 0.2) is 35.0 Å². The maximum Gasteiger partial charge on any atom is 0.318 e. The highest BCUT2D eigenvalue weighted by molar-refractivity contribution is 7.07. The molecule has 1 aliphatic heterocycles. The average molecular weight is 318 g/mol. The van der Waals surface area contributed by atoms with E-state index >= 15 is 0 Å². The van der Waals surface area contributed by atoms with Gasteiger partial charge in [0.1, 0.15) is 5.82 Å². The van der Waals surface area contributed by atoms with Gasteiger partial charge < -0.3 is 10.2 Å². The van der Waals surface area contributed by atoms with Crippen molar-refractivity contribution in [1.82, 2.24) is 10.2 Å². The minimum Gasteiger partial charge on any atom is -0.338 e. The molecule has 1 aromatic carbocycles. The van der Waals surface area contributed by atoms with Crippen LogP contribution in [0.4, 0.5) is 9.18 Å². The van der Waals surface area contributed by atoms with Crippen molar-refractivity contribution in [3.8, 4) is 0 Å². The molecule has 0 saturated heterocycles. The van der Waals surface area contributed by atoms with E-state index in [1.807, 2.05) is 0 Å². The molecule has 2 amide bonds. The van der Waals surface area contributed by atoms with E-state index < -0.39 is 0 Å². The SMILES string of the molecule is C[C@H](CCNC(=O)N1Cc2ccc(F)cc2C1)c1ccsc1. The first-order chi connectivity index (χ1) is 10.6. The Labute approximate surface area is 133 Å². The van der Waals surface area contributed by atoms with E-state index in [-0.39, 0.29) is 11.8 Å². The van der Waals surface area contributed by atoms with Gasteiger partial charge in [-0.3, -0.25) is 0 Å². The summed E-state index contributed by atoms with van der Waals surface area (Å²) in [6.07, 6.45) is 0.915. The molecule has 1 aliphatic rings. The maximum absolute atomic E-state index is 13.2. The summed E-state index contributed by atoms with van der Waals surface area (Å²) in [5.74, 6) is 0.196. The topological polar surface area (TPSA) is 32.3 Å². The average Bonchev–Trinajstić information content (AvgIpc) is 3.15. The number of thiophene rings is 1. The maximum atomic E-state index is 13.2. The van der Waals surface area contributed by atoms with Crippen molar-refractivity contribution < 1.29 is 9.18 Å². The molecule has 1 N–H and O–H groups in total. The molecule has 0 saturated carbocycles. The second-order valence-corrected chi connectivity index (χ2v) is 6.53. The summed E-state index contributed by atoms with van der Waals surface area (Å²) < 4.78 is 13.2. The zero-order chi connectivity index (χ0) is 15.5. The third-order valence-corrected chi connectivity index (χ3v) is 4.85. The van der Waals surface area contributed by atoms with Crippen molar-refractivity contribution >= 4 is 17.4 Å². The molecule has 116 valence electrons. The molecule has 1 aromatic heterocycles. The lowest BCUT2D eigenvalue weighted by Crippen LogP contribution is -2.37. The Morgan fingerprint density at radius 1 is 1.36 bits per heavy atom. The predicted octanol–water partition coefficient (Wildman–Crippen LogP) is 4.11. The number of nitrogens with one attached hydrogen (secondary N) is 1. The van der Waals surface area contributed by atoms with Crippen LogP contribution in [0.2, 0.25) is 0 Å². The van der Waals surface area contributed by atoms with Crippen LogP contribution < -0.4 is 5.32 Å². The molecule has 2 heterocycles. The van der Waals surface area contributed by atoms with Crippen molar-refractivity contribution in [3.05, 3.63) is 57.5 Å². The minimum absolute atomic E-state index is 0.0749. The van der Waals surface area contributed by atoms with Crippen molar-refractivity contribution in [2.45, 2.75) is 32.4 Å². The van der Waals surface area contributed by atoms with Gasteiger partial charge in [-0.25, -0.2) is 9.18 Å². The molecule has 0 bridgehead atoms. The Bertz CT molecular complexity index is 657. The van der Waals surface area contributed by atoms with Gasteiger partial charge in [0, 0.05) is 19.6 Å². The summed E-state index contributed by atoms with van der Waals surface area (Å²) >= 11 is 1.70. The summed E-state index contributed by atoms with van der Waals surface area (Å²) in [5.41, 5.74) is 3.26. The van der Waals surface area contributed by atoms with Gasteiger partial charge >= 0.3 is 6.03 Å². The number of fused-ring (bicyclic) bond motifs is 1. The van der Waals surface area contributed by atoms with Crippen LogP contribution in [0.1, 0.15) is 36.0 Å². The number of carbonyl (C=O) groups is 1. The van der Waals surface area contributed by atoms with E-state index in [1.165, 1.54) is 17.7 Å². The lowest BCUT2D eigenvalue weighted by Gasteiger charge is -2.17. The van der Waals surface area contributed by atoms with E-state index in [2.05, 4.69) is 29.1 Å². The number of halogens is 1. The Morgan fingerprint density at radius 2 is 2.18 bits per heavy atom. The number of carbonyl (C=O) groups excluding carboxylic acids is 1. The standard InChI is InChI=1S/C17H19FN2OS/c1-12(14-5-7-22-11-14)4-6-19-17(21)20-9-13-2-3-16(18)8-15(13)10-20/h2-3,5,7-8,11-12H,4,6,9-10H2,1H3,(H,19,21)/t12-/m1/s1. The number of hydrogen-bond acceptors (Lipinski definition) is 2. The molecular formula is C17H19FN2OS. The third kappa shape index (κ3) is 3.30. The van der Waals surface area contributed by atoms with Crippen LogP contribution in [0.3, 0.4) is 0 Å². The number of benzene rings is 1. The highest BCUT2D eigenvalue weighted by Crippen LogP contribution is 2.24. The Balaban J connectivity index is 1.47. The third-order valence-electron chi connectivity index (χ3n) is 4.14. The van der Waals surface area contributed by atoms with Crippen molar-refractivity contribution in [3.63, 3.8) is 0 Å². The molecule has 3 rings (SSSR count). The van der Waals surface area contributed by atoms with E-state index in [0.29, 0.717) is 25.6 Å². The number of nitrogens with zero attached hydrogens (tertiary/aromatic N) is 1. The summed E-state index contributed by atoms with van der Waals surface area (Å²) in [6.45, 7) is 3.86. The van der Waals surface area contributed by atoms with Crippen molar-refractivity contribution in [1.29, 1.82) is 0 Å². The first kappa shape index (κ1) is 15.0. The molecular weight excluding hydrogens is 299 g/mol. The normalized spacial score (nSPS) is 14.7. The molecule has 0 radical (unpaired) electrons. The highest BCUT2D eigenvalue weighted by Gasteiger charge is 2.23. The van der Waals surface area contributed by atoms with Gasteiger partial charge in [-0.2, -0.15) is 11.3 Å². The first-order valence-corrected chi connectivity index (χ1v) is 8.40. The summed E-state index contributed by atoms with van der Waals surface area (Å²) in [7, 11) is 0. The Kier molecular flexibility index (Phi) is 4.43. The van der Waals surface area contributed by atoms with Crippen molar-refractivity contribution in [2.24, 2.45) is 0 Å². The molecule has 2 aromatic rings. The number of rotatable bonds is 4. The van der Waals surface area contributed by atoms with Gasteiger partial charge in [0.15, 0.2) is 0 Å². The van der Waals surface area contributed by atoms with Gasteiger partial charge in [-0.05, 0) is 58.0 Å². The first-order valence-electron chi connectivity index (χ1n) is 7.45. The fraction of sp³-hybridized carbons (Fsp3) is 0.353. The predicted molar refractivity (Wildman–Crippen MR) is 86.4 cm³/mol. The van der Waals surface area contributed by atoms with Gasteiger partial charge in [-0.15, -0.1) is 0 Å². The zero-order valence-corrected chi connectivity index (χ0v) is 13.3. The van der Waals surface area contributed by atoms with E-state index in [0.717, 1.165) is 17.5 Å². The van der Waals surface area contributed by atoms with E-state index in [1.54, 1.807) is 22.3 Å². The monoisotopic (exact) mass is 318 g/mol. The summed E-state index contributed by atoms with van der Waals surface area (Å²) in [5, 5.41) is 7.19. The molecule has 0 aliphatic carbocycles. The van der Waals surface area contributed by atoms with Gasteiger partial charge in [0.2, 0.25) is 0 Å². The van der Waals surface area contributed by atoms with Crippen molar-refractivity contribution in [2.75, 3.05) is 6.54 Å². The van der Waals surface area contributed by atoms with Crippen LogP contribution in [-0.4, -0.2) is 17.5 Å². The Morgan fingerprint density at radius 3 is 2.95 bits per heavy atom. The lowest BCUT2D eigenvalue weighted by molar-refractivity contribution is 0.198. The highest BCUT2D eigenvalue weighted by atomic mass is 32.1. The summed E-state index contributed by atoms with van der Waals surface area (Å²) in [4.78, 5) is 13.9. The molecule has 0 fully saturated rings. The molecule has 0 spiro atoms. The minimum atomic E-state index is -0.245. The van der Waals surface area contributed by atoms with Crippen LogP contribution >= 0.6 is 11.3 Å². The van der Waals surface area contributed by atoms with E-state index in [9.17, 15) is 9.18 Å². The van der Waals surface area contributed by atoms with Crippen LogP contribution in [0, 0.1) is 5.82 Å². The van der Waals surface area contributed by atoms with Gasteiger partial charge in [-0.1, -0.05) is 13.0 Å². The smallest absolute Gasteiger partial charge is 0.318 e. The number of hydrogen-bond donors (Lipinski definition) is 1. The quantitative estimate of drug-likeness (QED) is 0.904. The van der Waals surface area contributed by atoms with Gasteiger partial charge in [0.25, 0.3) is 0 Å². The van der Waals surface area contributed by atoms with Crippen LogP contribution in [-0.2, 0) is 13.1 Å². The second-order valence-electron chi connectivity index (χ2n) is 5.75. The molecule has 0 unspecified atom stereocenters. The summed E-state index contributed by atoms with van der Waals surface area (Å²) in [6, 6.07) is 6.78. The fourth-order valence-electron chi connectivity index (χ4n) is 2.74. The molecule has 22 heavy (non-hydrogen) atoms. The lowest BCUT2D eigenvalue weighted by atomic mass is 10.0. The van der Waals surface area contributed by atoms with Crippen LogP contribution in [0.25, 0.3) is 0 Å². The molecule has 1 atom stereocenters. The second kappa shape index (κ2) is 6.48. The van der Waals surface area contributed by atoms with Crippen LogP contribution in [0.5, 0.6) is 0 Å². The Hall–Kier alpha value is -1.88. The molecule has 5 heteroatoms. The van der Waals surface area contributed by atoms with Gasteiger partial charge in [0.05, 0.1) is 0 Å². The fourth-order valence-corrected chi connectivity index (χ4v) is 3.52. The number of urea groups is 1. The molecule has 3 nitrogen and oxygen atoms in total. The largest absolute Gasteiger partial charge is 0.338 e. The zero-order valence-electron chi connectivity index (χ0n) is 12.5. The number of amides is 2. The van der Waals surface area contributed by atoms with E-state index in [4.69, 9.17) is 0 Å².